The van der Waals surface area contributed by atoms with Gasteiger partial charge in [-0.25, -0.2) is 0 Å². The highest BCUT2D eigenvalue weighted by Crippen LogP contribution is 2.25. The normalized spacial score (nSPS) is 12.9. The fraction of sp³-hybridized carbons (Fsp3) is 0.286. The highest BCUT2D eigenvalue weighted by Gasteiger charge is 2.09. The molecule has 0 spiro atoms. The number of pyridine rings is 1. The van der Waals surface area contributed by atoms with Crippen molar-refractivity contribution in [1.82, 2.24) is 19.9 Å². The molecule has 1 unspecified atom stereocenters. The largest absolute Gasteiger partial charge is 0.309 e. The van der Waals surface area contributed by atoms with Gasteiger partial charge in [0, 0.05) is 39.9 Å². The van der Waals surface area contributed by atoms with Gasteiger partial charge in [0.15, 0.2) is 5.65 Å². The lowest BCUT2D eigenvalue weighted by Gasteiger charge is -2.11. The minimum absolute atomic E-state index is 0.352. The van der Waals surface area contributed by atoms with Crippen LogP contribution in [0.3, 0.4) is 0 Å². The predicted octanol–water partition coefficient (Wildman–Crippen LogP) is 3.45. The van der Waals surface area contributed by atoms with Gasteiger partial charge in [0.2, 0.25) is 0 Å². The lowest BCUT2D eigenvalue weighted by molar-refractivity contribution is 0.576. The number of halogens is 1. The van der Waals surface area contributed by atoms with Crippen LogP contribution in [-0.4, -0.2) is 21.1 Å². The second-order valence-corrected chi connectivity index (χ2v) is 6.50. The van der Waals surface area contributed by atoms with E-state index in [0.717, 1.165) is 28.9 Å². The van der Waals surface area contributed by atoms with Crippen LogP contribution in [0.5, 0.6) is 0 Å². The zero-order valence-corrected chi connectivity index (χ0v) is 13.5. The number of fused-ring (bicyclic) bond motifs is 1. The Morgan fingerprint density at radius 3 is 3.10 bits per heavy atom. The van der Waals surface area contributed by atoms with E-state index in [-0.39, 0.29) is 0 Å². The summed E-state index contributed by atoms with van der Waals surface area (Å²) in [7, 11) is 0. The molecule has 0 saturated carbocycles. The summed E-state index contributed by atoms with van der Waals surface area (Å²) in [6.07, 6.45) is 2.87. The van der Waals surface area contributed by atoms with Crippen molar-refractivity contribution in [3.05, 3.63) is 51.0 Å². The number of hydrogen-bond acceptors (Lipinski definition) is 4. The zero-order valence-electron chi connectivity index (χ0n) is 11.1. The van der Waals surface area contributed by atoms with Crippen LogP contribution in [0, 0.1) is 0 Å². The average molecular weight is 351 g/mol. The molecule has 0 radical (unpaired) electrons. The second-order valence-electron chi connectivity index (χ2n) is 4.64. The quantitative estimate of drug-likeness (QED) is 0.766. The SMILES string of the molecule is CC(NCCc1nnc2ccccn12)c1cc(Br)cs1. The molecule has 3 aromatic rings. The van der Waals surface area contributed by atoms with Crippen molar-refractivity contribution in [2.24, 2.45) is 0 Å². The summed E-state index contributed by atoms with van der Waals surface area (Å²) in [6.45, 7) is 3.06. The Morgan fingerprint density at radius 1 is 1.40 bits per heavy atom. The highest BCUT2D eigenvalue weighted by molar-refractivity contribution is 9.10. The van der Waals surface area contributed by atoms with Crippen LogP contribution in [0.1, 0.15) is 23.7 Å². The molecule has 4 nitrogen and oxygen atoms in total. The molecular weight excluding hydrogens is 336 g/mol. The van der Waals surface area contributed by atoms with Crippen molar-refractivity contribution in [1.29, 1.82) is 0 Å². The van der Waals surface area contributed by atoms with Crippen LogP contribution in [0.15, 0.2) is 40.3 Å². The van der Waals surface area contributed by atoms with Crippen molar-refractivity contribution >= 4 is 32.9 Å². The molecule has 0 saturated heterocycles. The molecule has 6 heteroatoms. The number of aromatic nitrogens is 3. The molecule has 3 aromatic heterocycles. The maximum Gasteiger partial charge on any atom is 0.160 e. The van der Waals surface area contributed by atoms with Crippen LogP contribution in [0.2, 0.25) is 0 Å². The van der Waals surface area contributed by atoms with Crippen molar-refractivity contribution in [3.63, 3.8) is 0 Å². The van der Waals surface area contributed by atoms with Gasteiger partial charge in [0.25, 0.3) is 0 Å². The average Bonchev–Trinajstić information content (AvgIpc) is 3.06. The molecule has 104 valence electrons. The van der Waals surface area contributed by atoms with Gasteiger partial charge < -0.3 is 5.32 Å². The Hall–Kier alpha value is -1.24. The Morgan fingerprint density at radius 2 is 2.30 bits per heavy atom. The Labute approximate surface area is 130 Å². The summed E-state index contributed by atoms with van der Waals surface area (Å²) in [6, 6.07) is 8.46. The molecular formula is C14H15BrN4S. The third-order valence-electron chi connectivity index (χ3n) is 3.20. The van der Waals surface area contributed by atoms with Gasteiger partial charge >= 0.3 is 0 Å². The summed E-state index contributed by atoms with van der Waals surface area (Å²) in [5.74, 6) is 0.993. The maximum absolute atomic E-state index is 4.24. The highest BCUT2D eigenvalue weighted by atomic mass is 79.9. The number of hydrogen-bond donors (Lipinski definition) is 1. The number of rotatable bonds is 5. The van der Waals surface area contributed by atoms with Crippen LogP contribution in [0.4, 0.5) is 0 Å². The molecule has 0 aliphatic carbocycles. The van der Waals surface area contributed by atoms with E-state index in [1.165, 1.54) is 4.88 Å². The van der Waals surface area contributed by atoms with Gasteiger partial charge in [-0.15, -0.1) is 21.5 Å². The van der Waals surface area contributed by atoms with Gasteiger partial charge in [0.05, 0.1) is 0 Å². The molecule has 0 amide bonds. The number of nitrogens with zero attached hydrogens (tertiary/aromatic N) is 3. The Bertz CT molecular complexity index is 706. The van der Waals surface area contributed by atoms with E-state index >= 15 is 0 Å². The lowest BCUT2D eigenvalue weighted by atomic mass is 10.2. The molecule has 0 aromatic carbocycles. The van der Waals surface area contributed by atoms with Crippen LogP contribution < -0.4 is 5.32 Å². The molecule has 0 fully saturated rings. The minimum Gasteiger partial charge on any atom is -0.309 e. The number of nitrogens with one attached hydrogen (secondary N) is 1. The van der Waals surface area contributed by atoms with Gasteiger partial charge in [0.1, 0.15) is 5.82 Å². The third kappa shape index (κ3) is 2.92. The fourth-order valence-electron chi connectivity index (χ4n) is 2.12. The summed E-state index contributed by atoms with van der Waals surface area (Å²) in [5.41, 5.74) is 0.901. The van der Waals surface area contributed by atoms with Crippen LogP contribution in [0.25, 0.3) is 5.65 Å². The first-order valence-electron chi connectivity index (χ1n) is 6.50. The maximum atomic E-state index is 4.24. The van der Waals surface area contributed by atoms with Gasteiger partial charge in [-0.2, -0.15) is 0 Å². The van der Waals surface area contributed by atoms with Crippen molar-refractivity contribution in [2.75, 3.05) is 6.54 Å². The molecule has 3 heterocycles. The zero-order chi connectivity index (χ0) is 13.9. The first-order chi connectivity index (χ1) is 9.74. The smallest absolute Gasteiger partial charge is 0.160 e. The summed E-state index contributed by atoms with van der Waals surface area (Å²) < 4.78 is 3.18. The van der Waals surface area contributed by atoms with Gasteiger partial charge in [-0.1, -0.05) is 6.07 Å². The number of thiophene rings is 1. The Kier molecular flexibility index (Phi) is 4.14. The molecule has 1 N–H and O–H groups in total. The summed E-state index contributed by atoms with van der Waals surface area (Å²) >= 11 is 5.25. The molecule has 0 aliphatic heterocycles. The van der Waals surface area contributed by atoms with Crippen molar-refractivity contribution in [2.45, 2.75) is 19.4 Å². The van der Waals surface area contributed by atoms with Gasteiger partial charge in [-0.3, -0.25) is 4.40 Å². The van der Waals surface area contributed by atoms with E-state index in [2.05, 4.69) is 49.8 Å². The van der Waals surface area contributed by atoms with E-state index in [4.69, 9.17) is 0 Å². The molecule has 1 atom stereocenters. The van der Waals surface area contributed by atoms with E-state index < -0.39 is 0 Å². The second kappa shape index (κ2) is 6.03. The fourth-order valence-corrected chi connectivity index (χ4v) is 3.60. The van der Waals surface area contributed by atoms with E-state index in [0.29, 0.717) is 6.04 Å². The van der Waals surface area contributed by atoms with Crippen LogP contribution in [-0.2, 0) is 6.42 Å². The van der Waals surface area contributed by atoms with Gasteiger partial charge in [-0.05, 0) is 41.1 Å². The molecule has 3 rings (SSSR count). The molecule has 0 aliphatic rings. The topological polar surface area (TPSA) is 42.2 Å². The lowest BCUT2D eigenvalue weighted by Crippen LogP contribution is -2.21. The molecule has 20 heavy (non-hydrogen) atoms. The summed E-state index contributed by atoms with van der Waals surface area (Å²) in [4.78, 5) is 1.34. The van der Waals surface area contributed by atoms with E-state index in [9.17, 15) is 0 Å². The molecule has 0 bridgehead atoms. The summed E-state index contributed by atoms with van der Waals surface area (Å²) in [5, 5.41) is 14.0. The van der Waals surface area contributed by atoms with Crippen molar-refractivity contribution in [3.8, 4) is 0 Å². The standard InChI is InChI=1S/C14H15BrN4S/c1-10(12-8-11(15)9-20-12)16-6-5-14-18-17-13-4-2-3-7-19(13)14/h2-4,7-10,16H,5-6H2,1H3. The monoisotopic (exact) mass is 350 g/mol. The first-order valence-corrected chi connectivity index (χ1v) is 8.17. The van der Waals surface area contributed by atoms with Crippen molar-refractivity contribution < 1.29 is 0 Å². The minimum atomic E-state index is 0.352. The third-order valence-corrected chi connectivity index (χ3v) is 5.07. The predicted molar refractivity (Wildman–Crippen MR) is 85.1 cm³/mol. The van der Waals surface area contributed by atoms with E-state index in [1.54, 1.807) is 11.3 Å². The van der Waals surface area contributed by atoms with E-state index in [1.807, 2.05) is 28.8 Å². The first kappa shape index (κ1) is 13.7. The van der Waals surface area contributed by atoms with Crippen LogP contribution >= 0.6 is 27.3 Å². The Balaban J connectivity index is 1.60.